The molecule has 1 N–H and O–H groups in total. The molecule has 0 unspecified atom stereocenters. The molecule has 214 valence electrons. The Morgan fingerprint density at radius 2 is 2.02 bits per heavy atom. The number of ether oxygens (including phenoxy) is 2. The van der Waals surface area contributed by atoms with Crippen molar-refractivity contribution in [2.24, 2.45) is 0 Å². The van der Waals surface area contributed by atoms with Gasteiger partial charge in [-0.3, -0.25) is 9.89 Å². The number of methoxy groups -OCH3 is 1. The number of hydrogen-bond donors (Lipinski definition) is 1. The average Bonchev–Trinajstić information content (AvgIpc) is 3.66. The molecule has 11 nitrogen and oxygen atoms in total. The number of pyridine rings is 1. The lowest BCUT2D eigenvalue weighted by Crippen LogP contribution is -2.49. The van der Waals surface area contributed by atoms with Crippen molar-refractivity contribution in [3.63, 3.8) is 0 Å². The van der Waals surface area contributed by atoms with E-state index in [2.05, 4.69) is 44.6 Å². The maximum absolute atomic E-state index is 12.2. The first-order chi connectivity index (χ1) is 20.0. The molecule has 2 saturated heterocycles. The fourth-order valence-corrected chi connectivity index (χ4v) is 6.40. The van der Waals surface area contributed by atoms with Gasteiger partial charge in [0.05, 0.1) is 42.4 Å². The summed E-state index contributed by atoms with van der Waals surface area (Å²) in [5.74, 6) is 1.10. The zero-order chi connectivity index (χ0) is 28.5. The zero-order valence-corrected chi connectivity index (χ0v) is 23.7. The Labute approximate surface area is 239 Å². The molecule has 41 heavy (non-hydrogen) atoms. The third-order valence-corrected chi connectivity index (χ3v) is 8.67. The highest BCUT2D eigenvalue weighted by Gasteiger charge is 2.33. The van der Waals surface area contributed by atoms with Gasteiger partial charge in [0.15, 0.2) is 0 Å². The van der Waals surface area contributed by atoms with Crippen LogP contribution in [-0.2, 0) is 17.8 Å². The molecule has 0 bridgehead atoms. The van der Waals surface area contributed by atoms with Crippen molar-refractivity contribution < 1.29 is 14.3 Å². The summed E-state index contributed by atoms with van der Waals surface area (Å²) in [5, 5.41) is 18.7. The van der Waals surface area contributed by atoms with Gasteiger partial charge in [-0.1, -0.05) is 6.58 Å². The molecular weight excluding hydrogens is 520 g/mol. The highest BCUT2D eigenvalue weighted by atomic mass is 16.5. The molecule has 2 aromatic heterocycles. The quantitative estimate of drug-likeness (QED) is 0.439. The lowest BCUT2D eigenvalue weighted by molar-refractivity contribution is -0.126. The van der Waals surface area contributed by atoms with Crippen LogP contribution < -0.4 is 19.3 Å². The summed E-state index contributed by atoms with van der Waals surface area (Å²) in [5.41, 5.74) is 5.26. The number of nitrogens with one attached hydrogen (secondary N) is 1. The van der Waals surface area contributed by atoms with Crippen LogP contribution in [0, 0.1) is 11.3 Å². The van der Waals surface area contributed by atoms with Gasteiger partial charge >= 0.3 is 0 Å². The Balaban J connectivity index is 1.38. The summed E-state index contributed by atoms with van der Waals surface area (Å²) in [7, 11) is 3.80. The molecule has 3 aromatic rings. The molecule has 3 aliphatic rings. The zero-order valence-electron chi connectivity index (χ0n) is 23.7. The van der Waals surface area contributed by atoms with E-state index in [0.717, 1.165) is 65.2 Å². The molecular formula is C30H36N8O3. The second kappa shape index (κ2) is 11.3. The molecule has 1 atom stereocenters. The molecule has 3 aliphatic heterocycles. The van der Waals surface area contributed by atoms with Crippen LogP contribution in [0.2, 0.25) is 0 Å². The largest absolute Gasteiger partial charge is 0.495 e. The second-order valence-corrected chi connectivity index (χ2v) is 10.9. The van der Waals surface area contributed by atoms with Gasteiger partial charge in [0.1, 0.15) is 24.0 Å². The molecule has 1 aromatic carbocycles. The van der Waals surface area contributed by atoms with E-state index in [9.17, 15) is 10.1 Å². The Morgan fingerprint density at radius 1 is 1.20 bits per heavy atom. The number of likely N-dealkylation sites (N-methyl/N-ethyl adjacent to an activating group) is 1. The van der Waals surface area contributed by atoms with E-state index in [4.69, 9.17) is 14.5 Å². The molecule has 0 spiro atoms. The van der Waals surface area contributed by atoms with E-state index in [-0.39, 0.29) is 5.91 Å². The van der Waals surface area contributed by atoms with Crippen molar-refractivity contribution in [1.29, 1.82) is 5.26 Å². The minimum Gasteiger partial charge on any atom is -0.495 e. The van der Waals surface area contributed by atoms with Crippen LogP contribution in [0.15, 0.2) is 31.0 Å². The molecule has 0 radical (unpaired) electrons. The second-order valence-electron chi connectivity index (χ2n) is 10.9. The van der Waals surface area contributed by atoms with Crippen LogP contribution in [0.1, 0.15) is 29.7 Å². The van der Waals surface area contributed by atoms with E-state index in [0.29, 0.717) is 63.2 Å². The van der Waals surface area contributed by atoms with Crippen LogP contribution >= 0.6 is 0 Å². The normalized spacial score (nSPS) is 19.2. The van der Waals surface area contributed by atoms with Gasteiger partial charge < -0.3 is 29.1 Å². The summed E-state index contributed by atoms with van der Waals surface area (Å²) in [4.78, 5) is 25.9. The molecule has 11 heteroatoms. The van der Waals surface area contributed by atoms with Gasteiger partial charge in [0.25, 0.3) is 0 Å². The number of anilines is 2. The van der Waals surface area contributed by atoms with Crippen molar-refractivity contribution in [2.75, 3.05) is 69.8 Å². The molecule has 2 fully saturated rings. The summed E-state index contributed by atoms with van der Waals surface area (Å²) in [6, 6.07) is 6.67. The van der Waals surface area contributed by atoms with Gasteiger partial charge in [-0.25, -0.2) is 4.98 Å². The predicted octanol–water partition coefficient (Wildman–Crippen LogP) is 2.71. The molecule has 1 amide bonds. The van der Waals surface area contributed by atoms with E-state index in [1.807, 2.05) is 18.3 Å². The Hall–Kier alpha value is -4.30. The predicted molar refractivity (Wildman–Crippen MR) is 156 cm³/mol. The Bertz CT molecular complexity index is 1500. The summed E-state index contributed by atoms with van der Waals surface area (Å²) in [6.45, 7) is 8.84. The highest BCUT2D eigenvalue weighted by Crippen LogP contribution is 2.41. The number of benzene rings is 1. The van der Waals surface area contributed by atoms with Gasteiger partial charge in [-0.05, 0) is 51.1 Å². The van der Waals surface area contributed by atoms with Crippen molar-refractivity contribution in [3.05, 3.63) is 47.8 Å². The number of carbonyl (C=O) groups is 1. The standard InChI is InChI=1S/C30H36N8O3/c1-4-27(39)36-12-14-37(15-13-36)28-21-9-11-38(29-23-17-32-34-24(23)7-8-26(29)40-3)18-25(21)33-30(22(28)16-31)41-19-20-6-5-10-35(20)2/h4,7-8,17,20H,1,5-6,9-15,18-19H2,2-3H3,(H,32,34)/t20-/m1/s1. The van der Waals surface area contributed by atoms with Crippen LogP contribution in [0.4, 0.5) is 11.4 Å². The molecule has 0 aliphatic carbocycles. The maximum Gasteiger partial charge on any atom is 0.246 e. The number of aromatic nitrogens is 3. The summed E-state index contributed by atoms with van der Waals surface area (Å²) >= 11 is 0. The number of carbonyl (C=O) groups excluding carboxylic acids is 1. The highest BCUT2D eigenvalue weighted by molar-refractivity contribution is 5.95. The summed E-state index contributed by atoms with van der Waals surface area (Å²) in [6.07, 6.45) is 6.11. The van der Waals surface area contributed by atoms with Crippen molar-refractivity contribution in [3.8, 4) is 17.7 Å². The minimum atomic E-state index is -0.0652. The number of hydrogen-bond acceptors (Lipinski definition) is 9. The molecule has 5 heterocycles. The molecule has 6 rings (SSSR count). The lowest BCUT2D eigenvalue weighted by Gasteiger charge is -2.39. The number of likely N-dealkylation sites (tertiary alicyclic amines) is 1. The number of nitrogens with zero attached hydrogens (tertiary/aromatic N) is 7. The number of fused-ring (bicyclic) bond motifs is 2. The number of rotatable bonds is 7. The SMILES string of the molecule is C=CC(=O)N1CCN(c2c(C#N)c(OC[C@H]3CCCN3C)nc3c2CCN(c2c(OC)ccc4[nH]ncc24)C3)CC1. The Kier molecular flexibility index (Phi) is 7.41. The first-order valence-electron chi connectivity index (χ1n) is 14.2. The minimum absolute atomic E-state index is 0.0652. The monoisotopic (exact) mass is 556 g/mol. The molecule has 0 saturated carbocycles. The number of piperazine rings is 1. The van der Waals surface area contributed by atoms with Gasteiger partial charge in [0.2, 0.25) is 11.8 Å². The maximum atomic E-state index is 12.2. The van der Waals surface area contributed by atoms with Gasteiger partial charge in [-0.2, -0.15) is 10.4 Å². The van der Waals surface area contributed by atoms with Crippen molar-refractivity contribution in [1.82, 2.24) is 25.0 Å². The van der Waals surface area contributed by atoms with Crippen LogP contribution in [0.5, 0.6) is 11.6 Å². The fraction of sp³-hybridized carbons (Fsp3) is 0.467. The number of H-pyrrole nitrogens is 1. The van der Waals surface area contributed by atoms with Crippen LogP contribution in [0.3, 0.4) is 0 Å². The van der Waals surface area contributed by atoms with Crippen LogP contribution in [-0.4, -0.2) is 97.0 Å². The van der Waals surface area contributed by atoms with E-state index in [1.54, 1.807) is 12.0 Å². The van der Waals surface area contributed by atoms with E-state index < -0.39 is 0 Å². The average molecular weight is 557 g/mol. The Morgan fingerprint density at radius 3 is 2.73 bits per heavy atom. The first kappa shape index (κ1) is 26.9. The van der Waals surface area contributed by atoms with Crippen LogP contribution in [0.25, 0.3) is 10.9 Å². The lowest BCUT2D eigenvalue weighted by atomic mass is 9.97. The van der Waals surface area contributed by atoms with Crippen molar-refractivity contribution >= 4 is 28.2 Å². The first-order valence-corrected chi connectivity index (χ1v) is 14.2. The summed E-state index contributed by atoms with van der Waals surface area (Å²) < 4.78 is 12.1. The van der Waals surface area contributed by atoms with Gasteiger partial charge in [0, 0.05) is 49.7 Å². The van der Waals surface area contributed by atoms with Crippen molar-refractivity contribution in [2.45, 2.75) is 31.8 Å². The topological polar surface area (TPSA) is 114 Å². The van der Waals surface area contributed by atoms with Gasteiger partial charge in [-0.15, -0.1) is 0 Å². The number of aromatic amines is 1. The van der Waals surface area contributed by atoms with E-state index in [1.165, 1.54) is 6.08 Å². The number of nitriles is 1. The number of amides is 1. The van der Waals surface area contributed by atoms with E-state index >= 15 is 0 Å². The third kappa shape index (κ3) is 4.93. The fourth-order valence-electron chi connectivity index (χ4n) is 6.40. The third-order valence-electron chi connectivity index (χ3n) is 8.67. The smallest absolute Gasteiger partial charge is 0.246 e.